The van der Waals surface area contributed by atoms with Crippen molar-refractivity contribution in [3.63, 3.8) is 0 Å². The summed E-state index contributed by atoms with van der Waals surface area (Å²) in [6, 6.07) is 19.1. The minimum Gasteiger partial charge on any atom is -0.492 e. The lowest BCUT2D eigenvalue weighted by Gasteiger charge is -2.09. The normalized spacial score (nSPS) is 10.2. The van der Waals surface area contributed by atoms with Gasteiger partial charge in [-0.1, -0.05) is 30.3 Å². The molecule has 1 heterocycles. The van der Waals surface area contributed by atoms with Gasteiger partial charge in [-0.25, -0.2) is 4.79 Å². The quantitative estimate of drug-likeness (QED) is 0.648. The number of nitrogens with one attached hydrogen (secondary N) is 2. The van der Waals surface area contributed by atoms with E-state index in [4.69, 9.17) is 9.47 Å². The first-order valence-corrected chi connectivity index (χ1v) is 7.98. The van der Waals surface area contributed by atoms with E-state index in [1.54, 1.807) is 6.20 Å². The smallest absolute Gasteiger partial charge is 0.407 e. The predicted molar refractivity (Wildman–Crippen MR) is 94.1 cm³/mol. The molecule has 0 bridgehead atoms. The van der Waals surface area contributed by atoms with Crippen LogP contribution in [0.15, 0.2) is 66.9 Å². The van der Waals surface area contributed by atoms with Crippen LogP contribution in [0.4, 0.5) is 4.79 Å². The van der Waals surface area contributed by atoms with Crippen LogP contribution in [0.2, 0.25) is 0 Å². The summed E-state index contributed by atoms with van der Waals surface area (Å²) >= 11 is 0. The van der Waals surface area contributed by atoms with Crippen molar-refractivity contribution in [1.29, 1.82) is 0 Å². The first-order valence-electron chi connectivity index (χ1n) is 7.98. The molecule has 25 heavy (non-hydrogen) atoms. The molecule has 128 valence electrons. The molecular formula is C19H19N3O3. The molecule has 0 spiro atoms. The van der Waals surface area contributed by atoms with Gasteiger partial charge in [-0.2, -0.15) is 5.10 Å². The van der Waals surface area contributed by atoms with E-state index in [1.807, 2.05) is 60.7 Å². The number of aromatic nitrogens is 2. The summed E-state index contributed by atoms with van der Waals surface area (Å²) in [6.45, 7) is 0.988. The highest BCUT2D eigenvalue weighted by molar-refractivity contribution is 5.67. The third-order valence-electron chi connectivity index (χ3n) is 3.52. The van der Waals surface area contributed by atoms with Gasteiger partial charge in [0.15, 0.2) is 0 Å². The number of H-pyrrole nitrogens is 1. The molecule has 3 rings (SSSR count). The van der Waals surface area contributed by atoms with Gasteiger partial charge in [0.1, 0.15) is 19.0 Å². The standard InChI is InChI=1S/C19H19N3O3/c23-19(25-14-15-4-2-1-3-5-15)20-12-13-24-17-8-6-16(7-9-17)18-10-11-21-22-18/h1-11H,12-14H2,(H,20,23)(H,21,22). The Morgan fingerprint density at radius 2 is 1.84 bits per heavy atom. The van der Waals surface area contributed by atoms with Gasteiger partial charge in [0.05, 0.1) is 12.2 Å². The minimum atomic E-state index is -0.456. The number of rotatable bonds is 7. The average Bonchev–Trinajstić information content (AvgIpc) is 3.20. The Labute approximate surface area is 145 Å². The summed E-state index contributed by atoms with van der Waals surface area (Å²) in [6.07, 6.45) is 1.25. The van der Waals surface area contributed by atoms with E-state index in [2.05, 4.69) is 15.5 Å². The van der Waals surface area contributed by atoms with Crippen LogP contribution in [-0.2, 0) is 11.3 Å². The Hall–Kier alpha value is -3.28. The molecule has 2 N–H and O–H groups in total. The topological polar surface area (TPSA) is 76.2 Å². The van der Waals surface area contributed by atoms with E-state index < -0.39 is 6.09 Å². The second kappa shape index (κ2) is 8.54. The number of benzene rings is 2. The average molecular weight is 337 g/mol. The molecule has 0 fully saturated rings. The van der Waals surface area contributed by atoms with Crippen molar-refractivity contribution in [3.05, 3.63) is 72.4 Å². The highest BCUT2D eigenvalue weighted by Crippen LogP contribution is 2.19. The molecule has 0 saturated carbocycles. The number of carbonyl (C=O) groups is 1. The van der Waals surface area contributed by atoms with E-state index in [0.29, 0.717) is 13.2 Å². The van der Waals surface area contributed by atoms with Crippen molar-refractivity contribution in [2.75, 3.05) is 13.2 Å². The number of amides is 1. The molecule has 2 aromatic carbocycles. The lowest BCUT2D eigenvalue weighted by molar-refractivity contribution is 0.137. The molecule has 0 aliphatic heterocycles. The predicted octanol–water partition coefficient (Wildman–Crippen LogP) is 3.38. The summed E-state index contributed by atoms with van der Waals surface area (Å²) < 4.78 is 10.7. The van der Waals surface area contributed by atoms with Gasteiger partial charge in [-0.3, -0.25) is 5.10 Å². The van der Waals surface area contributed by atoms with Gasteiger partial charge in [0.2, 0.25) is 0 Å². The molecular weight excluding hydrogens is 318 g/mol. The SMILES string of the molecule is O=C(NCCOc1ccc(-c2ccn[nH]2)cc1)OCc1ccccc1. The first-order chi connectivity index (χ1) is 12.3. The largest absolute Gasteiger partial charge is 0.492 e. The van der Waals surface area contributed by atoms with Gasteiger partial charge in [-0.05, 0) is 41.5 Å². The van der Waals surface area contributed by atoms with Gasteiger partial charge >= 0.3 is 6.09 Å². The fourth-order valence-corrected chi connectivity index (χ4v) is 2.24. The maximum Gasteiger partial charge on any atom is 0.407 e. The van der Waals surface area contributed by atoms with Crippen LogP contribution in [0.3, 0.4) is 0 Å². The summed E-state index contributed by atoms with van der Waals surface area (Å²) in [7, 11) is 0. The second-order valence-electron chi connectivity index (χ2n) is 5.33. The fraction of sp³-hybridized carbons (Fsp3) is 0.158. The Bertz CT molecular complexity index is 771. The van der Waals surface area contributed by atoms with Crippen LogP contribution in [-0.4, -0.2) is 29.4 Å². The van der Waals surface area contributed by atoms with Crippen molar-refractivity contribution in [3.8, 4) is 17.0 Å². The molecule has 1 aromatic heterocycles. The van der Waals surface area contributed by atoms with Crippen LogP contribution < -0.4 is 10.1 Å². The Morgan fingerprint density at radius 3 is 2.56 bits per heavy atom. The number of nitrogens with zero attached hydrogens (tertiary/aromatic N) is 1. The van der Waals surface area contributed by atoms with Gasteiger partial charge in [0.25, 0.3) is 0 Å². The van der Waals surface area contributed by atoms with E-state index >= 15 is 0 Å². The zero-order valence-corrected chi connectivity index (χ0v) is 13.6. The van der Waals surface area contributed by atoms with E-state index in [1.165, 1.54) is 0 Å². The lowest BCUT2D eigenvalue weighted by atomic mass is 10.1. The molecule has 1 amide bonds. The van der Waals surface area contributed by atoms with E-state index in [0.717, 1.165) is 22.6 Å². The Balaban J connectivity index is 1.35. The van der Waals surface area contributed by atoms with Crippen LogP contribution >= 0.6 is 0 Å². The number of ether oxygens (including phenoxy) is 2. The number of carbonyl (C=O) groups excluding carboxylic acids is 1. The molecule has 0 radical (unpaired) electrons. The summed E-state index contributed by atoms with van der Waals surface area (Å²) in [4.78, 5) is 11.6. The van der Waals surface area contributed by atoms with Crippen molar-refractivity contribution >= 4 is 6.09 Å². The monoisotopic (exact) mass is 337 g/mol. The minimum absolute atomic E-state index is 0.253. The molecule has 0 atom stereocenters. The van der Waals surface area contributed by atoms with Crippen molar-refractivity contribution in [2.45, 2.75) is 6.61 Å². The second-order valence-corrected chi connectivity index (χ2v) is 5.33. The van der Waals surface area contributed by atoms with Crippen molar-refractivity contribution in [2.24, 2.45) is 0 Å². The first kappa shape index (κ1) is 16.6. The molecule has 0 aliphatic carbocycles. The van der Waals surface area contributed by atoms with Crippen LogP contribution in [0.5, 0.6) is 5.75 Å². The third-order valence-corrected chi connectivity index (χ3v) is 3.52. The Kier molecular flexibility index (Phi) is 5.66. The fourth-order valence-electron chi connectivity index (χ4n) is 2.24. The highest BCUT2D eigenvalue weighted by atomic mass is 16.5. The number of alkyl carbamates (subject to hydrolysis) is 1. The number of aromatic amines is 1. The zero-order chi connectivity index (χ0) is 17.3. The summed E-state index contributed by atoms with van der Waals surface area (Å²) in [5.41, 5.74) is 2.94. The molecule has 0 unspecified atom stereocenters. The van der Waals surface area contributed by atoms with Gasteiger partial charge in [-0.15, -0.1) is 0 Å². The lowest BCUT2D eigenvalue weighted by Crippen LogP contribution is -2.28. The molecule has 6 nitrogen and oxygen atoms in total. The van der Waals surface area contributed by atoms with Crippen LogP contribution in [0.1, 0.15) is 5.56 Å². The van der Waals surface area contributed by atoms with E-state index in [9.17, 15) is 4.79 Å². The van der Waals surface area contributed by atoms with Crippen LogP contribution in [0, 0.1) is 0 Å². The molecule has 0 saturated heterocycles. The van der Waals surface area contributed by atoms with Crippen molar-refractivity contribution in [1.82, 2.24) is 15.5 Å². The van der Waals surface area contributed by atoms with Gasteiger partial charge < -0.3 is 14.8 Å². The van der Waals surface area contributed by atoms with Crippen molar-refractivity contribution < 1.29 is 14.3 Å². The maximum atomic E-state index is 11.6. The number of hydrogen-bond acceptors (Lipinski definition) is 4. The number of hydrogen-bond donors (Lipinski definition) is 2. The van der Waals surface area contributed by atoms with E-state index in [-0.39, 0.29) is 6.61 Å². The zero-order valence-electron chi connectivity index (χ0n) is 13.6. The third kappa shape index (κ3) is 5.10. The highest BCUT2D eigenvalue weighted by Gasteiger charge is 2.03. The maximum absolute atomic E-state index is 11.6. The molecule has 3 aromatic rings. The summed E-state index contributed by atoms with van der Waals surface area (Å²) in [5.74, 6) is 0.739. The van der Waals surface area contributed by atoms with Gasteiger partial charge in [0, 0.05) is 6.20 Å². The molecule has 6 heteroatoms. The molecule has 0 aliphatic rings. The van der Waals surface area contributed by atoms with Crippen LogP contribution in [0.25, 0.3) is 11.3 Å². The summed E-state index contributed by atoms with van der Waals surface area (Å²) in [5, 5.41) is 9.49. The Morgan fingerprint density at radius 1 is 1.04 bits per heavy atom.